The van der Waals surface area contributed by atoms with Gasteiger partial charge in [-0.15, -0.1) is 0 Å². The number of hydrogen-bond donors (Lipinski definition) is 0. The lowest BCUT2D eigenvalue weighted by Crippen LogP contribution is -2.36. The SMILES string of the molecule is CCOC(=O)CCN(CCCN(CC)CC)C(=O)c1ccccc1OC. The highest BCUT2D eigenvalue weighted by Gasteiger charge is 2.20. The molecule has 0 fully saturated rings. The maximum absolute atomic E-state index is 13.0. The summed E-state index contributed by atoms with van der Waals surface area (Å²) < 4.78 is 10.3. The Kier molecular flexibility index (Phi) is 10.4. The fourth-order valence-corrected chi connectivity index (χ4v) is 2.79. The van der Waals surface area contributed by atoms with Gasteiger partial charge in [-0.2, -0.15) is 0 Å². The summed E-state index contributed by atoms with van der Waals surface area (Å²) in [6.07, 6.45) is 1.05. The zero-order chi connectivity index (χ0) is 19.4. The molecule has 0 atom stereocenters. The number of amides is 1. The van der Waals surface area contributed by atoms with E-state index < -0.39 is 0 Å². The molecule has 26 heavy (non-hydrogen) atoms. The average Bonchev–Trinajstić information content (AvgIpc) is 2.67. The second-order valence-corrected chi connectivity index (χ2v) is 5.93. The van der Waals surface area contributed by atoms with Crippen LogP contribution in [0.3, 0.4) is 0 Å². The largest absolute Gasteiger partial charge is 0.496 e. The van der Waals surface area contributed by atoms with E-state index >= 15 is 0 Å². The zero-order valence-electron chi connectivity index (χ0n) is 16.5. The lowest BCUT2D eigenvalue weighted by molar-refractivity contribution is -0.143. The van der Waals surface area contributed by atoms with Crippen LogP contribution in [0.2, 0.25) is 0 Å². The van der Waals surface area contributed by atoms with E-state index in [9.17, 15) is 9.59 Å². The lowest BCUT2D eigenvalue weighted by atomic mass is 10.1. The second-order valence-electron chi connectivity index (χ2n) is 5.93. The molecule has 0 unspecified atom stereocenters. The highest BCUT2D eigenvalue weighted by Crippen LogP contribution is 2.19. The van der Waals surface area contributed by atoms with Crippen molar-refractivity contribution < 1.29 is 19.1 Å². The Morgan fingerprint density at radius 1 is 1.00 bits per heavy atom. The van der Waals surface area contributed by atoms with Crippen molar-refractivity contribution in [1.29, 1.82) is 0 Å². The Balaban J connectivity index is 2.81. The standard InChI is InChI=1S/C20H32N2O4/c1-5-21(6-2)14-10-15-22(16-13-19(23)26-7-3)20(24)17-11-8-9-12-18(17)25-4/h8-9,11-12H,5-7,10,13-16H2,1-4H3. The van der Waals surface area contributed by atoms with Crippen molar-refractivity contribution in [3.63, 3.8) is 0 Å². The Morgan fingerprint density at radius 2 is 1.69 bits per heavy atom. The number of para-hydroxylation sites is 1. The molecule has 146 valence electrons. The van der Waals surface area contributed by atoms with Crippen molar-refractivity contribution in [3.05, 3.63) is 29.8 Å². The topological polar surface area (TPSA) is 59.1 Å². The molecule has 0 heterocycles. The summed E-state index contributed by atoms with van der Waals surface area (Å²) in [7, 11) is 1.55. The van der Waals surface area contributed by atoms with E-state index in [2.05, 4.69) is 18.7 Å². The van der Waals surface area contributed by atoms with Crippen LogP contribution in [0, 0.1) is 0 Å². The normalized spacial score (nSPS) is 10.7. The van der Waals surface area contributed by atoms with Gasteiger partial charge >= 0.3 is 5.97 Å². The Morgan fingerprint density at radius 3 is 2.31 bits per heavy atom. The Labute approximate surface area is 157 Å². The van der Waals surface area contributed by atoms with Crippen LogP contribution in [0.15, 0.2) is 24.3 Å². The first-order valence-electron chi connectivity index (χ1n) is 9.37. The monoisotopic (exact) mass is 364 g/mol. The molecule has 0 radical (unpaired) electrons. The Bertz CT molecular complexity index is 558. The second kappa shape index (κ2) is 12.3. The van der Waals surface area contributed by atoms with E-state index in [4.69, 9.17) is 9.47 Å². The average molecular weight is 364 g/mol. The van der Waals surface area contributed by atoms with Gasteiger partial charge in [0.05, 0.1) is 25.7 Å². The van der Waals surface area contributed by atoms with E-state index in [1.807, 2.05) is 12.1 Å². The summed E-state index contributed by atoms with van der Waals surface area (Å²) in [4.78, 5) is 28.7. The van der Waals surface area contributed by atoms with Crippen LogP contribution in [0.5, 0.6) is 5.75 Å². The molecular formula is C20H32N2O4. The molecule has 1 rings (SSSR count). The van der Waals surface area contributed by atoms with Gasteiger partial charge < -0.3 is 19.3 Å². The van der Waals surface area contributed by atoms with Crippen LogP contribution in [-0.4, -0.2) is 68.1 Å². The zero-order valence-corrected chi connectivity index (χ0v) is 16.5. The molecule has 0 saturated carbocycles. The highest BCUT2D eigenvalue weighted by molar-refractivity contribution is 5.97. The van der Waals surface area contributed by atoms with Gasteiger partial charge in [-0.1, -0.05) is 26.0 Å². The van der Waals surface area contributed by atoms with Gasteiger partial charge in [-0.05, 0) is 45.1 Å². The number of hydrogen-bond acceptors (Lipinski definition) is 5. The molecule has 0 aliphatic heterocycles. The molecule has 6 nitrogen and oxygen atoms in total. The molecule has 6 heteroatoms. The van der Waals surface area contributed by atoms with Crippen LogP contribution in [-0.2, 0) is 9.53 Å². The van der Waals surface area contributed by atoms with E-state index in [1.165, 1.54) is 0 Å². The minimum Gasteiger partial charge on any atom is -0.496 e. The van der Waals surface area contributed by atoms with Crippen molar-refractivity contribution in [1.82, 2.24) is 9.80 Å². The van der Waals surface area contributed by atoms with Gasteiger partial charge in [0, 0.05) is 13.1 Å². The smallest absolute Gasteiger partial charge is 0.307 e. The van der Waals surface area contributed by atoms with E-state index in [1.54, 1.807) is 31.1 Å². The van der Waals surface area contributed by atoms with Crippen LogP contribution in [0.25, 0.3) is 0 Å². The van der Waals surface area contributed by atoms with Gasteiger partial charge in [0.15, 0.2) is 0 Å². The van der Waals surface area contributed by atoms with Crippen LogP contribution in [0.1, 0.15) is 44.0 Å². The van der Waals surface area contributed by atoms with Crippen LogP contribution < -0.4 is 4.74 Å². The molecule has 1 amide bonds. The molecular weight excluding hydrogens is 332 g/mol. The van der Waals surface area contributed by atoms with Gasteiger partial charge in [0.25, 0.3) is 5.91 Å². The van der Waals surface area contributed by atoms with E-state index in [0.717, 1.165) is 26.1 Å². The van der Waals surface area contributed by atoms with Gasteiger partial charge in [-0.25, -0.2) is 0 Å². The van der Waals surface area contributed by atoms with Crippen molar-refractivity contribution in [2.45, 2.75) is 33.6 Å². The lowest BCUT2D eigenvalue weighted by Gasteiger charge is -2.25. The predicted octanol–water partition coefficient (Wildman–Crippen LogP) is 2.82. The van der Waals surface area contributed by atoms with Gasteiger partial charge in [-0.3, -0.25) is 9.59 Å². The molecule has 0 aromatic heterocycles. The molecule has 1 aromatic rings. The third-order valence-corrected chi connectivity index (χ3v) is 4.31. The van der Waals surface area contributed by atoms with Crippen molar-refractivity contribution in [2.24, 2.45) is 0 Å². The summed E-state index contributed by atoms with van der Waals surface area (Å²) >= 11 is 0. The molecule has 1 aromatic carbocycles. The number of methoxy groups -OCH3 is 1. The summed E-state index contributed by atoms with van der Waals surface area (Å²) in [6.45, 7) is 10.2. The summed E-state index contributed by atoms with van der Waals surface area (Å²) in [5, 5.41) is 0. The number of ether oxygens (including phenoxy) is 2. The molecule has 0 saturated heterocycles. The van der Waals surface area contributed by atoms with Crippen LogP contribution >= 0.6 is 0 Å². The van der Waals surface area contributed by atoms with E-state index in [0.29, 0.717) is 31.0 Å². The molecule has 0 aliphatic carbocycles. The summed E-state index contributed by atoms with van der Waals surface area (Å²) in [6, 6.07) is 7.17. The van der Waals surface area contributed by atoms with Crippen LogP contribution in [0.4, 0.5) is 0 Å². The first-order chi connectivity index (χ1) is 12.6. The highest BCUT2D eigenvalue weighted by atomic mass is 16.5. The third kappa shape index (κ3) is 7.04. The summed E-state index contributed by atoms with van der Waals surface area (Å²) in [5.41, 5.74) is 0.515. The predicted molar refractivity (Wildman–Crippen MR) is 103 cm³/mol. The number of carbonyl (C=O) groups is 2. The number of carbonyl (C=O) groups excluding carboxylic acids is 2. The van der Waals surface area contributed by atoms with Gasteiger partial charge in [0.2, 0.25) is 0 Å². The number of rotatable bonds is 12. The molecule has 0 N–H and O–H groups in total. The maximum Gasteiger partial charge on any atom is 0.307 e. The molecule has 0 bridgehead atoms. The minimum absolute atomic E-state index is 0.119. The maximum atomic E-state index is 13.0. The third-order valence-electron chi connectivity index (χ3n) is 4.31. The van der Waals surface area contributed by atoms with Crippen molar-refractivity contribution in [3.8, 4) is 5.75 Å². The quantitative estimate of drug-likeness (QED) is 0.534. The van der Waals surface area contributed by atoms with Crippen molar-refractivity contribution >= 4 is 11.9 Å². The van der Waals surface area contributed by atoms with Gasteiger partial charge in [0.1, 0.15) is 5.75 Å². The summed E-state index contributed by atoms with van der Waals surface area (Å²) in [5.74, 6) is 0.141. The first-order valence-corrected chi connectivity index (χ1v) is 9.37. The molecule has 0 aliphatic rings. The fraction of sp³-hybridized carbons (Fsp3) is 0.600. The van der Waals surface area contributed by atoms with Crippen molar-refractivity contribution in [2.75, 3.05) is 46.4 Å². The molecule has 0 spiro atoms. The minimum atomic E-state index is -0.283. The van der Waals surface area contributed by atoms with E-state index in [-0.39, 0.29) is 18.3 Å². The number of esters is 1. The Hall–Kier alpha value is -2.08. The first kappa shape index (κ1) is 22.0. The number of benzene rings is 1. The number of nitrogens with zero attached hydrogens (tertiary/aromatic N) is 2. The fourth-order valence-electron chi connectivity index (χ4n) is 2.79.